The van der Waals surface area contributed by atoms with Gasteiger partial charge >= 0.3 is 11.9 Å². The van der Waals surface area contributed by atoms with Gasteiger partial charge in [0.05, 0.1) is 37.1 Å². The number of nitrogens with one attached hydrogen (secondary N) is 1. The minimum atomic E-state index is -4.03. The minimum absolute atomic E-state index is 0.0580. The van der Waals surface area contributed by atoms with Crippen molar-refractivity contribution in [3.05, 3.63) is 64.7 Å². The summed E-state index contributed by atoms with van der Waals surface area (Å²) in [4.78, 5) is 23.5. The zero-order valence-corrected chi connectivity index (χ0v) is 17.0. The number of hydrogen-bond donors (Lipinski definition) is 1. The Kier molecular flexibility index (Phi) is 6.93. The molecule has 150 valence electrons. The molecule has 1 unspecified atom stereocenters. The number of benzene rings is 2. The van der Waals surface area contributed by atoms with Crippen LogP contribution in [0.25, 0.3) is 0 Å². The third-order valence-electron chi connectivity index (χ3n) is 4.27. The summed E-state index contributed by atoms with van der Waals surface area (Å²) in [7, 11) is -1.57. The molecule has 0 heterocycles. The molecule has 0 saturated carbocycles. The summed E-state index contributed by atoms with van der Waals surface area (Å²) < 4.78 is 38.0. The standard InChI is InChI=1S/C20H23NO6S/c1-13-5-8-15(9-6-13)17(12-19(22)26-3)21-28(24,25)18-11-16(20(23)27-4)10-7-14(18)2/h5-11,17,21H,12H2,1-4H3. The number of esters is 2. The summed E-state index contributed by atoms with van der Waals surface area (Å²) in [5, 5.41) is 0. The van der Waals surface area contributed by atoms with Gasteiger partial charge in [-0.25, -0.2) is 17.9 Å². The van der Waals surface area contributed by atoms with Crippen LogP contribution >= 0.6 is 0 Å². The average Bonchev–Trinajstić information content (AvgIpc) is 2.67. The van der Waals surface area contributed by atoms with E-state index in [0.29, 0.717) is 11.1 Å². The average molecular weight is 405 g/mol. The van der Waals surface area contributed by atoms with Gasteiger partial charge in [-0.05, 0) is 37.1 Å². The van der Waals surface area contributed by atoms with Gasteiger partial charge in [-0.2, -0.15) is 0 Å². The lowest BCUT2D eigenvalue weighted by atomic mass is 10.0. The van der Waals surface area contributed by atoms with Crippen molar-refractivity contribution in [3.63, 3.8) is 0 Å². The Bertz CT molecular complexity index is 967. The van der Waals surface area contributed by atoms with Crippen molar-refractivity contribution in [1.82, 2.24) is 4.72 Å². The minimum Gasteiger partial charge on any atom is -0.469 e. The number of sulfonamides is 1. The molecular formula is C20H23NO6S. The Hall–Kier alpha value is -2.71. The fourth-order valence-corrected chi connectivity index (χ4v) is 4.16. The van der Waals surface area contributed by atoms with Crippen LogP contribution in [0.5, 0.6) is 0 Å². The molecule has 0 fully saturated rings. The lowest BCUT2D eigenvalue weighted by Gasteiger charge is -2.19. The molecule has 7 nitrogen and oxygen atoms in total. The van der Waals surface area contributed by atoms with Gasteiger partial charge in [0.15, 0.2) is 0 Å². The highest BCUT2D eigenvalue weighted by Crippen LogP contribution is 2.24. The van der Waals surface area contributed by atoms with Crippen LogP contribution in [0.3, 0.4) is 0 Å². The summed E-state index contributed by atoms with van der Waals surface area (Å²) in [5.74, 6) is -1.19. The van der Waals surface area contributed by atoms with E-state index >= 15 is 0 Å². The number of ether oxygens (including phenoxy) is 2. The zero-order chi connectivity index (χ0) is 20.9. The predicted octanol–water partition coefficient (Wildman–Crippen LogP) is 2.67. The fraction of sp³-hybridized carbons (Fsp3) is 0.300. The van der Waals surface area contributed by atoms with Gasteiger partial charge in [-0.3, -0.25) is 4.79 Å². The second-order valence-corrected chi connectivity index (χ2v) is 8.02. The Morgan fingerprint density at radius 1 is 1.00 bits per heavy atom. The summed E-state index contributed by atoms with van der Waals surface area (Å²) in [6.45, 7) is 3.53. The van der Waals surface area contributed by atoms with Gasteiger partial charge in [0.2, 0.25) is 10.0 Å². The first kappa shape index (κ1) is 21.6. The Labute approximate surface area is 164 Å². The van der Waals surface area contributed by atoms with Gasteiger partial charge in [0.1, 0.15) is 0 Å². The molecule has 1 N–H and O–H groups in total. The first-order valence-electron chi connectivity index (χ1n) is 8.52. The van der Waals surface area contributed by atoms with E-state index in [9.17, 15) is 18.0 Å². The lowest BCUT2D eigenvalue weighted by Crippen LogP contribution is -2.31. The predicted molar refractivity (Wildman–Crippen MR) is 103 cm³/mol. The van der Waals surface area contributed by atoms with E-state index < -0.39 is 28.0 Å². The quantitative estimate of drug-likeness (QED) is 0.711. The number of methoxy groups -OCH3 is 2. The van der Waals surface area contributed by atoms with Gasteiger partial charge < -0.3 is 9.47 Å². The van der Waals surface area contributed by atoms with E-state index in [-0.39, 0.29) is 16.9 Å². The summed E-state index contributed by atoms with van der Waals surface area (Å²) >= 11 is 0. The van der Waals surface area contributed by atoms with Crippen molar-refractivity contribution in [2.45, 2.75) is 31.2 Å². The van der Waals surface area contributed by atoms with E-state index in [1.165, 1.54) is 32.4 Å². The molecule has 0 aromatic heterocycles. The first-order chi connectivity index (χ1) is 13.2. The molecule has 2 aromatic rings. The highest BCUT2D eigenvalue weighted by molar-refractivity contribution is 7.89. The highest BCUT2D eigenvalue weighted by Gasteiger charge is 2.26. The molecule has 1 atom stereocenters. The molecule has 0 spiro atoms. The lowest BCUT2D eigenvalue weighted by molar-refractivity contribution is -0.141. The number of hydrogen-bond acceptors (Lipinski definition) is 6. The van der Waals surface area contributed by atoms with Crippen LogP contribution in [0.15, 0.2) is 47.4 Å². The largest absolute Gasteiger partial charge is 0.469 e. The summed E-state index contributed by atoms with van der Waals surface area (Å²) in [5.41, 5.74) is 2.21. The Morgan fingerprint density at radius 2 is 1.64 bits per heavy atom. The Balaban J connectivity index is 2.43. The number of carbonyl (C=O) groups is 2. The summed E-state index contributed by atoms with van der Waals surface area (Å²) in [6.07, 6.45) is -0.172. The fourth-order valence-electron chi connectivity index (χ4n) is 2.66. The van der Waals surface area contributed by atoms with Crippen molar-refractivity contribution >= 4 is 22.0 Å². The van der Waals surface area contributed by atoms with E-state index in [1.54, 1.807) is 19.1 Å². The normalized spacial score (nSPS) is 12.3. The molecule has 0 radical (unpaired) electrons. The van der Waals surface area contributed by atoms with Crippen LogP contribution in [0, 0.1) is 13.8 Å². The third-order valence-corrected chi connectivity index (χ3v) is 5.89. The molecule has 0 aliphatic carbocycles. The topological polar surface area (TPSA) is 98.8 Å². The van der Waals surface area contributed by atoms with Gasteiger partial charge in [0.25, 0.3) is 0 Å². The van der Waals surface area contributed by atoms with E-state index in [2.05, 4.69) is 9.46 Å². The molecule has 2 rings (SSSR count). The van der Waals surface area contributed by atoms with Gasteiger partial charge in [-0.1, -0.05) is 35.9 Å². The third kappa shape index (κ3) is 5.17. The maximum Gasteiger partial charge on any atom is 0.337 e. The van der Waals surface area contributed by atoms with Gasteiger partial charge in [0, 0.05) is 0 Å². The van der Waals surface area contributed by atoms with Crippen molar-refractivity contribution in [2.75, 3.05) is 14.2 Å². The van der Waals surface area contributed by atoms with Crippen LogP contribution in [0.1, 0.15) is 39.5 Å². The smallest absolute Gasteiger partial charge is 0.337 e. The van der Waals surface area contributed by atoms with E-state index in [4.69, 9.17) is 4.74 Å². The molecule has 0 aliphatic rings. The van der Waals surface area contributed by atoms with Crippen LogP contribution < -0.4 is 4.72 Å². The second-order valence-electron chi connectivity index (χ2n) is 6.34. The molecule has 8 heteroatoms. The molecule has 28 heavy (non-hydrogen) atoms. The van der Waals surface area contributed by atoms with Crippen LogP contribution in [-0.2, 0) is 24.3 Å². The van der Waals surface area contributed by atoms with Crippen molar-refractivity contribution < 1.29 is 27.5 Å². The van der Waals surface area contributed by atoms with Crippen LogP contribution in [0.2, 0.25) is 0 Å². The molecule has 0 amide bonds. The molecular weight excluding hydrogens is 382 g/mol. The SMILES string of the molecule is COC(=O)CC(NS(=O)(=O)c1cc(C(=O)OC)ccc1C)c1ccc(C)cc1. The van der Waals surface area contributed by atoms with Crippen molar-refractivity contribution in [1.29, 1.82) is 0 Å². The number of carbonyl (C=O) groups excluding carboxylic acids is 2. The highest BCUT2D eigenvalue weighted by atomic mass is 32.2. The van der Waals surface area contributed by atoms with E-state index in [1.807, 2.05) is 19.1 Å². The number of aryl methyl sites for hydroxylation is 2. The molecule has 0 saturated heterocycles. The van der Waals surface area contributed by atoms with Crippen molar-refractivity contribution in [2.24, 2.45) is 0 Å². The van der Waals surface area contributed by atoms with E-state index in [0.717, 1.165) is 5.56 Å². The van der Waals surface area contributed by atoms with Crippen molar-refractivity contribution in [3.8, 4) is 0 Å². The van der Waals surface area contributed by atoms with Crippen LogP contribution in [0.4, 0.5) is 0 Å². The first-order valence-corrected chi connectivity index (χ1v) is 10.0. The molecule has 2 aromatic carbocycles. The van der Waals surface area contributed by atoms with Crippen LogP contribution in [-0.4, -0.2) is 34.6 Å². The molecule has 0 aliphatic heterocycles. The van der Waals surface area contributed by atoms with Gasteiger partial charge in [-0.15, -0.1) is 0 Å². The maximum atomic E-state index is 13.0. The summed E-state index contributed by atoms with van der Waals surface area (Å²) in [6, 6.07) is 10.6. The monoisotopic (exact) mass is 405 g/mol. The second kappa shape index (κ2) is 8.99. The Morgan fingerprint density at radius 3 is 2.21 bits per heavy atom. The zero-order valence-electron chi connectivity index (χ0n) is 16.2. The number of rotatable bonds is 7. The maximum absolute atomic E-state index is 13.0. The molecule has 0 bridgehead atoms.